The molecule has 1 aliphatic heterocycles. The fraction of sp³-hybridized carbons (Fsp3) is 0.250. The summed E-state index contributed by atoms with van der Waals surface area (Å²) in [6.45, 7) is 2.25. The molecule has 4 rings (SSSR count). The van der Waals surface area contributed by atoms with E-state index >= 15 is 0 Å². The van der Waals surface area contributed by atoms with E-state index in [0.717, 1.165) is 11.3 Å². The van der Waals surface area contributed by atoms with E-state index < -0.39 is 6.23 Å². The predicted octanol–water partition coefficient (Wildman–Crippen LogP) is 3.16. The summed E-state index contributed by atoms with van der Waals surface area (Å²) >= 11 is 0. The third-order valence-corrected chi connectivity index (χ3v) is 4.41. The van der Waals surface area contributed by atoms with Gasteiger partial charge in [-0.3, -0.25) is 0 Å². The highest BCUT2D eigenvalue weighted by Crippen LogP contribution is 2.43. The first-order valence-electron chi connectivity index (χ1n) is 8.99. The Morgan fingerprint density at radius 3 is 2.52 bits per heavy atom. The molecular formula is C20H20N4O5. The Morgan fingerprint density at radius 2 is 1.83 bits per heavy atom. The number of phenols is 1. The number of para-hydroxylation sites is 1. The Kier molecular flexibility index (Phi) is 4.94. The van der Waals surface area contributed by atoms with Gasteiger partial charge in [-0.05, 0) is 25.1 Å². The lowest BCUT2D eigenvalue weighted by molar-refractivity contribution is 0.218. The van der Waals surface area contributed by atoms with Gasteiger partial charge in [-0.15, -0.1) is 5.10 Å². The Hall–Kier alpha value is -3.75. The molecule has 1 unspecified atom stereocenters. The van der Waals surface area contributed by atoms with E-state index in [1.165, 1.54) is 14.2 Å². The molecule has 0 spiro atoms. The van der Waals surface area contributed by atoms with Crippen LogP contribution < -0.4 is 24.3 Å². The van der Waals surface area contributed by atoms with Crippen molar-refractivity contribution in [1.82, 2.24) is 15.2 Å². The minimum Gasteiger partial charge on any atom is -0.502 e. The molecule has 0 radical (unpaired) electrons. The molecule has 0 aliphatic carbocycles. The standard InChI is InChI=1S/C20H20N4O5/c1-4-28-20-22-19-16(23-24-20)12-7-5-6-8-13(12)21-18(29-19)11-9-14(26-2)17(25)15(10-11)27-3/h5-10,18,21,25H,4H2,1-3H3. The second-order valence-corrected chi connectivity index (χ2v) is 6.14. The Morgan fingerprint density at radius 1 is 1.10 bits per heavy atom. The average molecular weight is 396 g/mol. The van der Waals surface area contributed by atoms with E-state index in [0.29, 0.717) is 17.9 Å². The molecule has 2 N–H and O–H groups in total. The zero-order chi connectivity index (χ0) is 20.4. The summed E-state index contributed by atoms with van der Waals surface area (Å²) in [5.74, 6) is 0.712. The molecule has 0 amide bonds. The van der Waals surface area contributed by atoms with E-state index in [-0.39, 0.29) is 29.1 Å². The van der Waals surface area contributed by atoms with Crippen LogP contribution in [0.5, 0.6) is 29.1 Å². The monoisotopic (exact) mass is 396 g/mol. The summed E-state index contributed by atoms with van der Waals surface area (Å²) in [5, 5.41) is 21.8. The van der Waals surface area contributed by atoms with Crippen LogP contribution in [-0.4, -0.2) is 41.1 Å². The topological polar surface area (TPSA) is 108 Å². The number of fused-ring (bicyclic) bond motifs is 3. The maximum absolute atomic E-state index is 10.2. The van der Waals surface area contributed by atoms with Crippen molar-refractivity contribution in [3.05, 3.63) is 42.0 Å². The van der Waals surface area contributed by atoms with E-state index in [4.69, 9.17) is 18.9 Å². The summed E-state index contributed by atoms with van der Waals surface area (Å²) in [7, 11) is 2.94. The lowest BCUT2D eigenvalue weighted by Gasteiger charge is -2.21. The van der Waals surface area contributed by atoms with Crippen molar-refractivity contribution in [2.24, 2.45) is 0 Å². The summed E-state index contributed by atoms with van der Waals surface area (Å²) in [4.78, 5) is 4.37. The molecule has 3 aromatic rings. The van der Waals surface area contributed by atoms with Gasteiger partial charge in [-0.2, -0.15) is 4.98 Å². The van der Waals surface area contributed by atoms with Crippen molar-refractivity contribution in [1.29, 1.82) is 0 Å². The van der Waals surface area contributed by atoms with Crippen LogP contribution >= 0.6 is 0 Å². The number of ether oxygens (including phenoxy) is 4. The summed E-state index contributed by atoms with van der Waals surface area (Å²) < 4.78 is 22.1. The third-order valence-electron chi connectivity index (χ3n) is 4.41. The van der Waals surface area contributed by atoms with Crippen LogP contribution in [0, 0.1) is 0 Å². The number of benzene rings is 2. The Labute approximate surface area is 167 Å². The van der Waals surface area contributed by atoms with Crippen LogP contribution in [0.1, 0.15) is 18.7 Å². The van der Waals surface area contributed by atoms with Crippen LogP contribution in [0.15, 0.2) is 36.4 Å². The van der Waals surface area contributed by atoms with Gasteiger partial charge in [0.2, 0.25) is 11.6 Å². The molecule has 1 aliphatic rings. The van der Waals surface area contributed by atoms with E-state index in [2.05, 4.69) is 20.5 Å². The average Bonchev–Trinajstić information content (AvgIpc) is 2.90. The number of hydrogen-bond donors (Lipinski definition) is 2. The number of nitrogens with one attached hydrogen (secondary N) is 1. The highest BCUT2D eigenvalue weighted by molar-refractivity contribution is 5.79. The maximum atomic E-state index is 10.2. The van der Waals surface area contributed by atoms with Crippen LogP contribution in [-0.2, 0) is 0 Å². The van der Waals surface area contributed by atoms with E-state index in [1.807, 2.05) is 31.2 Å². The molecule has 0 saturated carbocycles. The van der Waals surface area contributed by atoms with Gasteiger partial charge in [0.05, 0.1) is 20.8 Å². The van der Waals surface area contributed by atoms with Crippen molar-refractivity contribution in [3.8, 4) is 40.4 Å². The first-order chi connectivity index (χ1) is 14.1. The fourth-order valence-electron chi connectivity index (χ4n) is 3.05. The van der Waals surface area contributed by atoms with E-state index in [1.54, 1.807) is 12.1 Å². The number of rotatable bonds is 5. The minimum absolute atomic E-state index is 0.0872. The first kappa shape index (κ1) is 18.6. The molecule has 0 bridgehead atoms. The number of hydrogen-bond acceptors (Lipinski definition) is 9. The Balaban J connectivity index is 1.84. The van der Waals surface area contributed by atoms with Crippen LogP contribution in [0.4, 0.5) is 5.69 Å². The molecule has 9 nitrogen and oxygen atoms in total. The maximum Gasteiger partial charge on any atom is 0.339 e. The first-order valence-corrected chi connectivity index (χ1v) is 8.99. The van der Waals surface area contributed by atoms with Crippen molar-refractivity contribution in [2.75, 3.05) is 26.1 Å². The lowest BCUT2D eigenvalue weighted by atomic mass is 10.1. The van der Waals surface area contributed by atoms with Crippen LogP contribution in [0.3, 0.4) is 0 Å². The lowest BCUT2D eigenvalue weighted by Crippen LogP contribution is -2.17. The zero-order valence-electron chi connectivity index (χ0n) is 16.2. The number of aromatic hydroxyl groups is 1. The van der Waals surface area contributed by atoms with Gasteiger partial charge in [0.1, 0.15) is 0 Å². The summed E-state index contributed by atoms with van der Waals surface area (Å²) in [5.41, 5.74) is 2.75. The van der Waals surface area contributed by atoms with Gasteiger partial charge in [0, 0.05) is 16.8 Å². The van der Waals surface area contributed by atoms with Gasteiger partial charge >= 0.3 is 6.01 Å². The van der Waals surface area contributed by atoms with Crippen molar-refractivity contribution >= 4 is 5.69 Å². The van der Waals surface area contributed by atoms with Crippen LogP contribution in [0.2, 0.25) is 0 Å². The predicted molar refractivity (Wildman–Crippen MR) is 105 cm³/mol. The molecule has 2 aromatic carbocycles. The summed E-state index contributed by atoms with van der Waals surface area (Å²) in [6.07, 6.45) is -0.660. The summed E-state index contributed by atoms with van der Waals surface area (Å²) in [6, 6.07) is 11.1. The van der Waals surface area contributed by atoms with Gasteiger partial charge in [0.25, 0.3) is 0 Å². The minimum atomic E-state index is -0.660. The molecule has 0 fully saturated rings. The highest BCUT2D eigenvalue weighted by Gasteiger charge is 2.27. The quantitative estimate of drug-likeness (QED) is 0.672. The molecule has 1 atom stereocenters. The molecule has 9 heteroatoms. The number of anilines is 1. The van der Waals surface area contributed by atoms with Crippen LogP contribution in [0.25, 0.3) is 11.3 Å². The van der Waals surface area contributed by atoms with Gasteiger partial charge in [-0.1, -0.05) is 23.3 Å². The zero-order valence-corrected chi connectivity index (χ0v) is 16.2. The molecular weight excluding hydrogens is 376 g/mol. The van der Waals surface area contributed by atoms with E-state index in [9.17, 15) is 5.11 Å². The molecule has 1 aromatic heterocycles. The van der Waals surface area contributed by atoms with Crippen molar-refractivity contribution < 1.29 is 24.1 Å². The molecule has 0 saturated heterocycles. The Bertz CT molecular complexity index is 1020. The largest absolute Gasteiger partial charge is 0.502 e. The van der Waals surface area contributed by atoms with Gasteiger partial charge in [0.15, 0.2) is 23.4 Å². The molecule has 2 heterocycles. The SMILES string of the molecule is CCOc1nnc2c(n1)OC(c1cc(OC)c(O)c(OC)c1)Nc1ccccc1-2. The van der Waals surface area contributed by atoms with Gasteiger partial charge in [-0.25, -0.2) is 0 Å². The normalized spacial score (nSPS) is 14.5. The van der Waals surface area contributed by atoms with Crippen molar-refractivity contribution in [3.63, 3.8) is 0 Å². The second kappa shape index (κ2) is 7.70. The number of phenolic OH excluding ortho intramolecular Hbond substituents is 1. The highest BCUT2D eigenvalue weighted by atomic mass is 16.5. The third kappa shape index (κ3) is 3.42. The second-order valence-electron chi connectivity index (χ2n) is 6.14. The van der Waals surface area contributed by atoms with Gasteiger partial charge < -0.3 is 29.4 Å². The molecule has 150 valence electrons. The smallest absolute Gasteiger partial charge is 0.339 e. The number of methoxy groups -OCH3 is 2. The van der Waals surface area contributed by atoms with Crippen molar-refractivity contribution in [2.45, 2.75) is 13.2 Å². The number of nitrogens with zero attached hydrogens (tertiary/aromatic N) is 3. The fourth-order valence-corrected chi connectivity index (χ4v) is 3.05. The molecule has 29 heavy (non-hydrogen) atoms. The number of aromatic nitrogens is 3.